The highest BCUT2D eigenvalue weighted by atomic mass is 16.5. The number of amides is 2. The number of hydrogen-bond acceptors (Lipinski definition) is 4. The van der Waals surface area contributed by atoms with Crippen molar-refractivity contribution in [3.05, 3.63) is 52.4 Å². The monoisotopic (exact) mass is 380 g/mol. The summed E-state index contributed by atoms with van der Waals surface area (Å²) < 4.78 is 5.72. The Morgan fingerprint density at radius 3 is 2.79 bits per heavy atom. The van der Waals surface area contributed by atoms with Crippen molar-refractivity contribution in [1.29, 1.82) is 0 Å². The summed E-state index contributed by atoms with van der Waals surface area (Å²) in [5, 5.41) is 5.65. The number of fused-ring (bicyclic) bond motifs is 2. The molecule has 0 saturated carbocycles. The van der Waals surface area contributed by atoms with Crippen molar-refractivity contribution < 1.29 is 14.3 Å². The van der Waals surface area contributed by atoms with E-state index in [1.807, 2.05) is 18.2 Å². The number of ether oxygens (including phenoxy) is 1. The highest BCUT2D eigenvalue weighted by molar-refractivity contribution is 5.94. The number of aromatic nitrogens is 2. The molecule has 4 rings (SSSR count). The fraction of sp³-hybridized carbons (Fsp3) is 0.250. The average Bonchev–Trinajstić information content (AvgIpc) is 3.04. The van der Waals surface area contributed by atoms with Crippen molar-refractivity contribution in [2.75, 3.05) is 17.2 Å². The number of carbonyl (C=O) groups is 2. The molecule has 8 heteroatoms. The summed E-state index contributed by atoms with van der Waals surface area (Å²) in [5.74, 6) is 0.653. The number of nitrogens with one attached hydrogen (secondary N) is 4. The molecule has 0 saturated heterocycles. The van der Waals surface area contributed by atoms with E-state index < -0.39 is 0 Å². The van der Waals surface area contributed by atoms with Crippen LogP contribution in [-0.4, -0.2) is 28.4 Å². The lowest BCUT2D eigenvalue weighted by molar-refractivity contribution is -0.117. The summed E-state index contributed by atoms with van der Waals surface area (Å²) in [7, 11) is 0. The molecule has 0 spiro atoms. The van der Waals surface area contributed by atoms with Gasteiger partial charge in [0.25, 0.3) is 0 Å². The van der Waals surface area contributed by atoms with Crippen molar-refractivity contribution in [2.45, 2.75) is 25.7 Å². The maximum absolute atomic E-state index is 12.1. The number of aryl methyl sites for hydroxylation is 1. The molecule has 28 heavy (non-hydrogen) atoms. The molecule has 144 valence electrons. The number of H-pyrrole nitrogens is 2. The van der Waals surface area contributed by atoms with Gasteiger partial charge in [-0.15, -0.1) is 0 Å². The second kappa shape index (κ2) is 7.59. The first-order valence-electron chi connectivity index (χ1n) is 9.14. The molecule has 4 N–H and O–H groups in total. The highest BCUT2D eigenvalue weighted by Gasteiger charge is 2.15. The van der Waals surface area contributed by atoms with E-state index in [4.69, 9.17) is 4.74 Å². The van der Waals surface area contributed by atoms with Crippen LogP contribution in [0.25, 0.3) is 11.0 Å². The van der Waals surface area contributed by atoms with Crippen molar-refractivity contribution in [3.8, 4) is 5.75 Å². The number of anilines is 2. The molecule has 0 aliphatic carbocycles. The zero-order valence-corrected chi connectivity index (χ0v) is 15.1. The summed E-state index contributed by atoms with van der Waals surface area (Å²) in [5.41, 5.74) is 3.60. The van der Waals surface area contributed by atoms with E-state index in [9.17, 15) is 14.4 Å². The third-order valence-electron chi connectivity index (χ3n) is 4.59. The molecule has 0 bridgehead atoms. The van der Waals surface area contributed by atoms with Crippen molar-refractivity contribution in [2.24, 2.45) is 0 Å². The lowest BCUT2D eigenvalue weighted by Crippen LogP contribution is -2.18. The SMILES string of the molecule is O=C(CCCOc1ccc2c(c1)CCC(=O)N2)Nc1ccc2[nH]c(=O)[nH]c2c1. The molecule has 1 aromatic heterocycles. The van der Waals surface area contributed by atoms with Crippen LogP contribution in [0.2, 0.25) is 0 Å². The Balaban J connectivity index is 1.25. The van der Waals surface area contributed by atoms with E-state index in [0.717, 1.165) is 17.0 Å². The zero-order valence-electron chi connectivity index (χ0n) is 15.1. The number of hydrogen-bond donors (Lipinski definition) is 4. The molecule has 0 unspecified atom stereocenters. The number of imidazole rings is 1. The lowest BCUT2D eigenvalue weighted by Gasteiger charge is -2.17. The van der Waals surface area contributed by atoms with Crippen LogP contribution in [0.4, 0.5) is 11.4 Å². The third-order valence-corrected chi connectivity index (χ3v) is 4.59. The summed E-state index contributed by atoms with van der Waals surface area (Å²) in [4.78, 5) is 40.1. The van der Waals surface area contributed by atoms with Gasteiger partial charge < -0.3 is 25.3 Å². The van der Waals surface area contributed by atoms with Gasteiger partial charge in [0.15, 0.2) is 0 Å². The van der Waals surface area contributed by atoms with E-state index >= 15 is 0 Å². The first-order chi connectivity index (χ1) is 13.6. The van der Waals surface area contributed by atoms with E-state index in [0.29, 0.717) is 49.0 Å². The van der Waals surface area contributed by atoms with E-state index in [1.165, 1.54) is 0 Å². The number of aromatic amines is 2. The van der Waals surface area contributed by atoms with Crippen LogP contribution in [-0.2, 0) is 16.0 Å². The zero-order chi connectivity index (χ0) is 19.5. The molecule has 2 amide bonds. The van der Waals surface area contributed by atoms with Crippen LogP contribution in [0.15, 0.2) is 41.2 Å². The maximum Gasteiger partial charge on any atom is 0.323 e. The third kappa shape index (κ3) is 4.06. The topological polar surface area (TPSA) is 116 Å². The smallest absolute Gasteiger partial charge is 0.323 e. The van der Waals surface area contributed by atoms with Crippen LogP contribution >= 0.6 is 0 Å². The molecule has 0 fully saturated rings. The minimum atomic E-state index is -0.278. The van der Waals surface area contributed by atoms with Crippen molar-refractivity contribution >= 4 is 34.2 Å². The molecule has 1 aliphatic rings. The molecule has 2 aromatic carbocycles. The predicted molar refractivity (Wildman–Crippen MR) is 106 cm³/mol. The first-order valence-corrected chi connectivity index (χ1v) is 9.14. The van der Waals surface area contributed by atoms with E-state index in [-0.39, 0.29) is 17.5 Å². The number of benzene rings is 2. The maximum atomic E-state index is 12.1. The summed E-state index contributed by atoms with van der Waals surface area (Å²) in [6.45, 7) is 0.419. The summed E-state index contributed by atoms with van der Waals surface area (Å²) in [6, 6.07) is 10.8. The highest BCUT2D eigenvalue weighted by Crippen LogP contribution is 2.26. The largest absolute Gasteiger partial charge is 0.494 e. The average molecular weight is 380 g/mol. The van der Waals surface area contributed by atoms with Gasteiger partial charge in [-0.25, -0.2) is 4.79 Å². The quantitative estimate of drug-likeness (QED) is 0.492. The molecular formula is C20H20N4O4. The van der Waals surface area contributed by atoms with Crippen LogP contribution in [0.3, 0.4) is 0 Å². The Morgan fingerprint density at radius 1 is 1.04 bits per heavy atom. The molecule has 0 atom stereocenters. The Bertz CT molecular complexity index is 1100. The molecule has 0 radical (unpaired) electrons. The van der Waals surface area contributed by atoms with Gasteiger partial charge >= 0.3 is 5.69 Å². The molecule has 8 nitrogen and oxygen atoms in total. The predicted octanol–water partition coefficient (Wildman–Crippen LogP) is 2.54. The second-order valence-corrected chi connectivity index (χ2v) is 6.71. The fourth-order valence-corrected chi connectivity index (χ4v) is 3.21. The molecule has 1 aliphatic heterocycles. The van der Waals surface area contributed by atoms with Crippen LogP contribution in [0, 0.1) is 0 Å². The van der Waals surface area contributed by atoms with Crippen molar-refractivity contribution in [1.82, 2.24) is 9.97 Å². The molecule has 3 aromatic rings. The summed E-state index contributed by atoms with van der Waals surface area (Å²) >= 11 is 0. The van der Waals surface area contributed by atoms with Crippen LogP contribution in [0.1, 0.15) is 24.8 Å². The van der Waals surface area contributed by atoms with E-state index in [1.54, 1.807) is 18.2 Å². The van der Waals surface area contributed by atoms with Crippen LogP contribution < -0.4 is 21.1 Å². The van der Waals surface area contributed by atoms with Gasteiger partial charge in [0.1, 0.15) is 5.75 Å². The fourth-order valence-electron chi connectivity index (χ4n) is 3.21. The van der Waals surface area contributed by atoms with Gasteiger partial charge in [0, 0.05) is 24.2 Å². The van der Waals surface area contributed by atoms with Gasteiger partial charge in [-0.3, -0.25) is 9.59 Å². The number of rotatable bonds is 6. The van der Waals surface area contributed by atoms with E-state index in [2.05, 4.69) is 20.6 Å². The minimum Gasteiger partial charge on any atom is -0.494 e. The molecular weight excluding hydrogens is 360 g/mol. The van der Waals surface area contributed by atoms with Gasteiger partial charge in [0.05, 0.1) is 17.6 Å². The minimum absolute atomic E-state index is 0.0363. The van der Waals surface area contributed by atoms with Gasteiger partial charge in [-0.1, -0.05) is 0 Å². The standard InChI is InChI=1S/C20H20N4O4/c25-18(21-13-4-6-16-17(11-13)24-20(27)23-16)2-1-9-28-14-5-7-15-12(10-14)3-8-19(26)22-15/h4-7,10-11H,1-3,8-9H2,(H,21,25)(H,22,26)(H2,23,24,27). The second-order valence-electron chi connectivity index (χ2n) is 6.71. The Labute approximate surface area is 160 Å². The van der Waals surface area contributed by atoms with Gasteiger partial charge in [-0.2, -0.15) is 0 Å². The normalized spacial score (nSPS) is 13.1. The van der Waals surface area contributed by atoms with Gasteiger partial charge in [-0.05, 0) is 54.8 Å². The Hall–Kier alpha value is -3.55. The first kappa shape index (κ1) is 17.8. The summed E-state index contributed by atoms with van der Waals surface area (Å²) in [6.07, 6.45) is 2.09. The Kier molecular flexibility index (Phi) is 4.84. The number of carbonyl (C=O) groups excluding carboxylic acids is 2. The van der Waals surface area contributed by atoms with Crippen molar-refractivity contribution in [3.63, 3.8) is 0 Å². The lowest BCUT2D eigenvalue weighted by atomic mass is 10.0. The van der Waals surface area contributed by atoms with Gasteiger partial charge in [0.2, 0.25) is 11.8 Å². The molecule has 2 heterocycles. The Morgan fingerprint density at radius 2 is 1.89 bits per heavy atom. The van der Waals surface area contributed by atoms with Crippen LogP contribution in [0.5, 0.6) is 5.75 Å².